The highest BCUT2D eigenvalue weighted by Crippen LogP contribution is 2.49. The fourth-order valence-corrected chi connectivity index (χ4v) is 3.89. The maximum atomic E-state index is 6.20. The van der Waals surface area contributed by atoms with Crippen molar-refractivity contribution in [2.75, 3.05) is 5.32 Å². The fourth-order valence-electron chi connectivity index (χ4n) is 3.58. The molecule has 2 aromatic rings. The van der Waals surface area contributed by atoms with Crippen LogP contribution < -0.4 is 5.32 Å². The molecule has 1 heterocycles. The molecule has 3 heteroatoms. The Labute approximate surface area is 134 Å². The van der Waals surface area contributed by atoms with E-state index in [2.05, 4.69) is 47.8 Å². The van der Waals surface area contributed by atoms with E-state index in [1.54, 1.807) is 0 Å². The number of allylic oxidation sites excluding steroid dienone is 2. The quantitative estimate of drug-likeness (QED) is 0.654. The molecule has 2 aromatic carbocycles. The van der Waals surface area contributed by atoms with E-state index in [-0.39, 0.29) is 6.04 Å². The predicted octanol–water partition coefficient (Wildman–Crippen LogP) is 5.82. The molecule has 3 atom stereocenters. The van der Waals surface area contributed by atoms with Gasteiger partial charge < -0.3 is 5.32 Å². The second-order valence-electron chi connectivity index (χ2n) is 5.74. The molecule has 1 N–H and O–H groups in total. The van der Waals surface area contributed by atoms with Crippen LogP contribution in [0.3, 0.4) is 0 Å². The molecule has 21 heavy (non-hydrogen) atoms. The van der Waals surface area contributed by atoms with Crippen LogP contribution in [0.2, 0.25) is 10.0 Å². The van der Waals surface area contributed by atoms with Crippen LogP contribution in [0.25, 0.3) is 0 Å². The van der Waals surface area contributed by atoms with Gasteiger partial charge in [0.25, 0.3) is 0 Å². The molecule has 0 aromatic heterocycles. The van der Waals surface area contributed by atoms with Gasteiger partial charge in [-0.2, -0.15) is 0 Å². The van der Waals surface area contributed by atoms with Crippen LogP contribution >= 0.6 is 23.2 Å². The van der Waals surface area contributed by atoms with Crippen LogP contribution in [0.1, 0.15) is 29.5 Å². The van der Waals surface area contributed by atoms with Crippen molar-refractivity contribution in [3.8, 4) is 0 Å². The molecule has 1 nitrogen and oxygen atoms in total. The van der Waals surface area contributed by atoms with Crippen molar-refractivity contribution in [3.05, 3.63) is 75.8 Å². The summed E-state index contributed by atoms with van der Waals surface area (Å²) in [6, 6.07) is 14.8. The molecular formula is C18H15Cl2N. The number of fused-ring (bicyclic) bond motifs is 3. The predicted molar refractivity (Wildman–Crippen MR) is 89.3 cm³/mol. The van der Waals surface area contributed by atoms with Crippen molar-refractivity contribution >= 4 is 28.9 Å². The van der Waals surface area contributed by atoms with E-state index in [1.807, 2.05) is 12.1 Å². The van der Waals surface area contributed by atoms with Gasteiger partial charge in [-0.3, -0.25) is 0 Å². The van der Waals surface area contributed by atoms with Crippen LogP contribution in [-0.2, 0) is 0 Å². The summed E-state index contributed by atoms with van der Waals surface area (Å²) in [5.74, 6) is 1.03. The Hall–Kier alpha value is -1.44. The van der Waals surface area contributed by atoms with Gasteiger partial charge in [-0.25, -0.2) is 0 Å². The lowest BCUT2D eigenvalue weighted by molar-refractivity contribution is 0.425. The highest BCUT2D eigenvalue weighted by molar-refractivity contribution is 6.42. The van der Waals surface area contributed by atoms with Gasteiger partial charge in [-0.1, -0.05) is 59.6 Å². The Kier molecular flexibility index (Phi) is 3.20. The van der Waals surface area contributed by atoms with E-state index in [9.17, 15) is 0 Å². The molecule has 0 saturated heterocycles. The Morgan fingerprint density at radius 2 is 1.86 bits per heavy atom. The topological polar surface area (TPSA) is 12.0 Å². The van der Waals surface area contributed by atoms with Crippen LogP contribution in [0.15, 0.2) is 54.6 Å². The molecule has 4 rings (SSSR count). The first-order valence-corrected chi connectivity index (χ1v) is 7.97. The minimum absolute atomic E-state index is 0.273. The molecule has 0 spiro atoms. The van der Waals surface area contributed by atoms with Crippen LogP contribution in [0.4, 0.5) is 5.69 Å². The summed E-state index contributed by atoms with van der Waals surface area (Å²) in [5.41, 5.74) is 3.83. The molecule has 0 bridgehead atoms. The number of anilines is 1. The summed E-state index contributed by atoms with van der Waals surface area (Å²) in [6.07, 6.45) is 5.73. The van der Waals surface area contributed by atoms with Crippen molar-refractivity contribution in [1.82, 2.24) is 0 Å². The number of hydrogen-bond donors (Lipinski definition) is 1. The lowest BCUT2D eigenvalue weighted by atomic mass is 9.77. The molecule has 0 amide bonds. The molecular weight excluding hydrogens is 301 g/mol. The molecule has 1 aliphatic carbocycles. The third kappa shape index (κ3) is 2.16. The summed E-state index contributed by atoms with van der Waals surface area (Å²) in [5, 5.41) is 4.92. The number of para-hydroxylation sites is 1. The molecule has 2 aliphatic rings. The Morgan fingerprint density at radius 3 is 2.71 bits per heavy atom. The lowest BCUT2D eigenvalue weighted by Gasteiger charge is -2.37. The van der Waals surface area contributed by atoms with Gasteiger partial charge in [0, 0.05) is 11.6 Å². The highest BCUT2D eigenvalue weighted by Gasteiger charge is 2.37. The first-order valence-electron chi connectivity index (χ1n) is 7.21. The zero-order valence-corrected chi connectivity index (χ0v) is 12.9. The SMILES string of the molecule is Clc1ccc([C@@H]2Nc3ccccc3[C@@H]3C=CC[C@@H]32)cc1Cl. The van der Waals surface area contributed by atoms with Gasteiger partial charge >= 0.3 is 0 Å². The van der Waals surface area contributed by atoms with Crippen LogP contribution in [-0.4, -0.2) is 0 Å². The van der Waals surface area contributed by atoms with E-state index in [1.165, 1.54) is 16.8 Å². The van der Waals surface area contributed by atoms with E-state index >= 15 is 0 Å². The molecule has 0 unspecified atom stereocenters. The standard InChI is InChI=1S/C18H15Cl2N/c19-15-9-8-11(10-16(15)20)18-14-6-3-5-12(14)13-4-1-2-7-17(13)21-18/h1-5,7-10,12,14,18,21H,6H2/t12-,14-,18-/m0/s1. The van der Waals surface area contributed by atoms with Gasteiger partial charge in [-0.15, -0.1) is 0 Å². The second-order valence-corrected chi connectivity index (χ2v) is 6.55. The van der Waals surface area contributed by atoms with E-state index < -0.39 is 0 Å². The van der Waals surface area contributed by atoms with Gasteiger partial charge in [0.2, 0.25) is 0 Å². The number of benzene rings is 2. The second kappa shape index (κ2) is 5.08. The third-order valence-electron chi connectivity index (χ3n) is 4.57. The first kappa shape index (κ1) is 13.2. The summed E-state index contributed by atoms with van der Waals surface area (Å²) in [6.45, 7) is 0. The Morgan fingerprint density at radius 1 is 1.00 bits per heavy atom. The highest BCUT2D eigenvalue weighted by atomic mass is 35.5. The number of hydrogen-bond acceptors (Lipinski definition) is 1. The lowest BCUT2D eigenvalue weighted by Crippen LogP contribution is -2.28. The van der Waals surface area contributed by atoms with Crippen molar-refractivity contribution in [2.24, 2.45) is 5.92 Å². The van der Waals surface area contributed by atoms with Crippen molar-refractivity contribution in [1.29, 1.82) is 0 Å². The zero-order valence-electron chi connectivity index (χ0n) is 11.4. The molecule has 0 saturated carbocycles. The normalized spacial score (nSPS) is 26.1. The van der Waals surface area contributed by atoms with Gasteiger partial charge in [0.1, 0.15) is 0 Å². The smallest absolute Gasteiger partial charge is 0.0595 e. The maximum Gasteiger partial charge on any atom is 0.0595 e. The minimum Gasteiger partial charge on any atom is -0.378 e. The zero-order chi connectivity index (χ0) is 14.4. The Balaban J connectivity index is 1.79. The summed E-state index contributed by atoms with van der Waals surface area (Å²) < 4.78 is 0. The maximum absolute atomic E-state index is 6.20. The monoisotopic (exact) mass is 315 g/mol. The average Bonchev–Trinajstić information content (AvgIpc) is 2.99. The minimum atomic E-state index is 0.273. The molecule has 1 aliphatic heterocycles. The first-order chi connectivity index (χ1) is 10.2. The fraction of sp³-hybridized carbons (Fsp3) is 0.222. The van der Waals surface area contributed by atoms with Crippen LogP contribution in [0.5, 0.6) is 0 Å². The number of halogens is 2. The Bertz CT molecular complexity index is 723. The summed E-state index contributed by atoms with van der Waals surface area (Å²) in [4.78, 5) is 0. The summed E-state index contributed by atoms with van der Waals surface area (Å²) >= 11 is 12.2. The number of rotatable bonds is 1. The van der Waals surface area contributed by atoms with Gasteiger partial charge in [-0.05, 0) is 41.7 Å². The molecule has 0 fully saturated rings. The summed E-state index contributed by atoms with van der Waals surface area (Å²) in [7, 11) is 0. The van der Waals surface area contributed by atoms with Crippen molar-refractivity contribution in [2.45, 2.75) is 18.4 Å². The van der Waals surface area contributed by atoms with Crippen molar-refractivity contribution < 1.29 is 0 Å². The molecule has 106 valence electrons. The van der Waals surface area contributed by atoms with E-state index in [0.717, 1.165) is 6.42 Å². The number of nitrogens with one attached hydrogen (secondary N) is 1. The van der Waals surface area contributed by atoms with Crippen molar-refractivity contribution in [3.63, 3.8) is 0 Å². The van der Waals surface area contributed by atoms with E-state index in [0.29, 0.717) is 21.9 Å². The molecule has 0 radical (unpaired) electrons. The van der Waals surface area contributed by atoms with Gasteiger partial charge in [0.15, 0.2) is 0 Å². The largest absolute Gasteiger partial charge is 0.378 e. The van der Waals surface area contributed by atoms with Gasteiger partial charge in [0.05, 0.1) is 16.1 Å². The van der Waals surface area contributed by atoms with Crippen LogP contribution in [0, 0.1) is 5.92 Å². The third-order valence-corrected chi connectivity index (χ3v) is 5.31. The average molecular weight is 316 g/mol. The van der Waals surface area contributed by atoms with E-state index in [4.69, 9.17) is 23.2 Å².